The maximum atomic E-state index is 12.9. The summed E-state index contributed by atoms with van der Waals surface area (Å²) >= 11 is 9.48. The van der Waals surface area contributed by atoms with Crippen LogP contribution in [0.1, 0.15) is 5.56 Å². The summed E-state index contributed by atoms with van der Waals surface area (Å²) in [6.07, 6.45) is 0. The van der Waals surface area contributed by atoms with Gasteiger partial charge in [0, 0.05) is 28.8 Å². The Bertz CT molecular complexity index is 542. The second-order valence-electron chi connectivity index (χ2n) is 3.94. The lowest BCUT2D eigenvalue weighted by Gasteiger charge is -2.22. The fourth-order valence-electron chi connectivity index (χ4n) is 1.77. The van der Waals surface area contributed by atoms with E-state index < -0.39 is 0 Å². The van der Waals surface area contributed by atoms with Gasteiger partial charge in [-0.3, -0.25) is 0 Å². The lowest BCUT2D eigenvalue weighted by atomic mass is 10.1. The third kappa shape index (κ3) is 2.85. The molecule has 0 unspecified atom stereocenters. The molecule has 2 rings (SSSR count). The molecule has 0 heterocycles. The number of benzene rings is 2. The van der Waals surface area contributed by atoms with E-state index in [0.29, 0.717) is 5.02 Å². The third-order valence-electron chi connectivity index (χ3n) is 2.77. The van der Waals surface area contributed by atoms with Crippen molar-refractivity contribution in [3.63, 3.8) is 0 Å². The van der Waals surface area contributed by atoms with E-state index in [0.717, 1.165) is 22.3 Å². The van der Waals surface area contributed by atoms with E-state index in [2.05, 4.69) is 15.9 Å². The lowest BCUT2D eigenvalue weighted by molar-refractivity contribution is 0.628. The van der Waals surface area contributed by atoms with Crippen molar-refractivity contribution in [2.75, 3.05) is 11.9 Å². The summed E-state index contributed by atoms with van der Waals surface area (Å²) < 4.78 is 12.9. The second-order valence-corrected chi connectivity index (χ2v) is 4.94. The van der Waals surface area contributed by atoms with Gasteiger partial charge in [0.25, 0.3) is 0 Å². The van der Waals surface area contributed by atoms with E-state index in [9.17, 15) is 4.39 Å². The van der Waals surface area contributed by atoms with Gasteiger partial charge in [-0.2, -0.15) is 0 Å². The summed E-state index contributed by atoms with van der Waals surface area (Å²) in [6.45, 7) is 0. The van der Waals surface area contributed by atoms with E-state index in [4.69, 9.17) is 11.6 Å². The molecule has 0 atom stereocenters. The predicted molar refractivity (Wildman–Crippen MR) is 78.5 cm³/mol. The molecule has 0 radical (unpaired) electrons. The molecule has 0 aromatic heterocycles. The fourth-order valence-corrected chi connectivity index (χ4v) is 2.41. The smallest absolute Gasteiger partial charge is 0.123 e. The second kappa shape index (κ2) is 5.72. The first-order chi connectivity index (χ1) is 8.61. The van der Waals surface area contributed by atoms with Gasteiger partial charge in [0.1, 0.15) is 5.82 Å². The molecule has 0 aliphatic rings. The van der Waals surface area contributed by atoms with E-state index in [1.54, 1.807) is 12.1 Å². The Morgan fingerprint density at radius 1 is 1.17 bits per heavy atom. The number of alkyl halides is 1. The van der Waals surface area contributed by atoms with Crippen LogP contribution >= 0.6 is 27.5 Å². The van der Waals surface area contributed by atoms with Crippen LogP contribution in [0.15, 0.2) is 42.5 Å². The molecule has 0 fully saturated rings. The molecule has 1 nitrogen and oxygen atoms in total. The zero-order chi connectivity index (χ0) is 13.1. The first kappa shape index (κ1) is 13.4. The van der Waals surface area contributed by atoms with Gasteiger partial charge in [-0.15, -0.1) is 0 Å². The summed E-state index contributed by atoms with van der Waals surface area (Å²) in [6, 6.07) is 12.1. The standard InChI is InChI=1S/C14H12BrClFN/c1-18(13-6-4-12(17)5-7-13)14-8-11(16)3-2-10(14)9-15/h2-8H,9H2,1H3. The first-order valence-electron chi connectivity index (χ1n) is 5.45. The maximum Gasteiger partial charge on any atom is 0.123 e. The Labute approximate surface area is 119 Å². The molecule has 0 amide bonds. The Hall–Kier alpha value is -1.06. The molecule has 2 aromatic rings. The largest absolute Gasteiger partial charge is 0.344 e. The Morgan fingerprint density at radius 3 is 2.44 bits per heavy atom. The highest BCUT2D eigenvalue weighted by Crippen LogP contribution is 2.31. The minimum absolute atomic E-state index is 0.237. The van der Waals surface area contributed by atoms with Crippen molar-refractivity contribution in [1.82, 2.24) is 0 Å². The lowest BCUT2D eigenvalue weighted by Crippen LogP contribution is -2.11. The number of halogens is 3. The monoisotopic (exact) mass is 327 g/mol. The van der Waals surface area contributed by atoms with Crippen LogP contribution in [0, 0.1) is 5.82 Å². The average Bonchev–Trinajstić information content (AvgIpc) is 2.39. The molecule has 0 saturated heterocycles. The van der Waals surface area contributed by atoms with Crippen molar-refractivity contribution in [1.29, 1.82) is 0 Å². The minimum atomic E-state index is -0.237. The number of nitrogens with zero attached hydrogens (tertiary/aromatic N) is 1. The molecule has 0 aliphatic heterocycles. The van der Waals surface area contributed by atoms with Crippen LogP contribution in [0.2, 0.25) is 5.02 Å². The summed E-state index contributed by atoms with van der Waals surface area (Å²) in [4.78, 5) is 1.99. The third-order valence-corrected chi connectivity index (χ3v) is 3.61. The van der Waals surface area contributed by atoms with Gasteiger partial charge >= 0.3 is 0 Å². The van der Waals surface area contributed by atoms with Crippen LogP contribution < -0.4 is 4.90 Å². The maximum absolute atomic E-state index is 12.9. The van der Waals surface area contributed by atoms with Crippen molar-refractivity contribution < 1.29 is 4.39 Å². The van der Waals surface area contributed by atoms with Gasteiger partial charge in [-0.25, -0.2) is 4.39 Å². The van der Waals surface area contributed by atoms with Gasteiger partial charge in [0.15, 0.2) is 0 Å². The number of anilines is 2. The highest BCUT2D eigenvalue weighted by Gasteiger charge is 2.09. The van der Waals surface area contributed by atoms with Gasteiger partial charge in [0.05, 0.1) is 0 Å². The Balaban J connectivity index is 2.41. The van der Waals surface area contributed by atoms with Gasteiger partial charge in [-0.1, -0.05) is 33.6 Å². The van der Waals surface area contributed by atoms with E-state index >= 15 is 0 Å². The molecule has 94 valence electrons. The van der Waals surface area contributed by atoms with Gasteiger partial charge in [-0.05, 0) is 42.0 Å². The summed E-state index contributed by atoms with van der Waals surface area (Å²) in [5.74, 6) is -0.237. The summed E-state index contributed by atoms with van der Waals surface area (Å²) in [5.41, 5.74) is 3.05. The Kier molecular flexibility index (Phi) is 4.25. The molecule has 18 heavy (non-hydrogen) atoms. The molecule has 0 N–H and O–H groups in total. The fraction of sp³-hybridized carbons (Fsp3) is 0.143. The van der Waals surface area contributed by atoms with Crippen LogP contribution in [0.5, 0.6) is 0 Å². The highest BCUT2D eigenvalue weighted by atomic mass is 79.9. The molecule has 0 bridgehead atoms. The van der Waals surface area contributed by atoms with Crippen LogP contribution in [0.3, 0.4) is 0 Å². The number of hydrogen-bond acceptors (Lipinski definition) is 1. The van der Waals surface area contributed by atoms with Crippen LogP contribution in [-0.4, -0.2) is 7.05 Å². The van der Waals surface area contributed by atoms with Crippen LogP contribution in [0.4, 0.5) is 15.8 Å². The summed E-state index contributed by atoms with van der Waals surface area (Å²) in [7, 11) is 1.94. The van der Waals surface area contributed by atoms with E-state index in [1.807, 2.05) is 30.1 Å². The molecule has 2 aromatic carbocycles. The van der Waals surface area contributed by atoms with Gasteiger partial charge in [0.2, 0.25) is 0 Å². The van der Waals surface area contributed by atoms with E-state index in [-0.39, 0.29) is 5.82 Å². The Morgan fingerprint density at radius 2 is 1.83 bits per heavy atom. The van der Waals surface area contributed by atoms with Crippen molar-refractivity contribution in [3.8, 4) is 0 Å². The van der Waals surface area contributed by atoms with Crippen LogP contribution in [-0.2, 0) is 5.33 Å². The average molecular weight is 329 g/mol. The SMILES string of the molecule is CN(c1ccc(F)cc1)c1cc(Cl)ccc1CBr. The quantitative estimate of drug-likeness (QED) is 0.705. The van der Waals surface area contributed by atoms with Crippen molar-refractivity contribution in [2.24, 2.45) is 0 Å². The molecular formula is C14H12BrClFN. The molecule has 0 spiro atoms. The van der Waals surface area contributed by atoms with Gasteiger partial charge < -0.3 is 4.90 Å². The highest BCUT2D eigenvalue weighted by molar-refractivity contribution is 9.08. The van der Waals surface area contributed by atoms with Crippen molar-refractivity contribution in [2.45, 2.75) is 5.33 Å². The predicted octanol–water partition coefficient (Wildman–Crippen LogP) is 5.14. The van der Waals surface area contributed by atoms with Crippen molar-refractivity contribution in [3.05, 3.63) is 58.9 Å². The number of rotatable bonds is 3. The topological polar surface area (TPSA) is 3.24 Å². The number of hydrogen-bond donors (Lipinski definition) is 0. The molecule has 0 saturated carbocycles. The summed E-state index contributed by atoms with van der Waals surface area (Å²) in [5, 5.41) is 1.43. The van der Waals surface area contributed by atoms with E-state index in [1.165, 1.54) is 12.1 Å². The van der Waals surface area contributed by atoms with Crippen LogP contribution in [0.25, 0.3) is 0 Å². The molecular weight excluding hydrogens is 317 g/mol. The molecule has 4 heteroatoms. The molecule has 0 aliphatic carbocycles. The zero-order valence-corrected chi connectivity index (χ0v) is 12.2. The zero-order valence-electron chi connectivity index (χ0n) is 9.83. The normalized spacial score (nSPS) is 10.4. The minimum Gasteiger partial charge on any atom is -0.344 e. The van der Waals surface area contributed by atoms with Crippen molar-refractivity contribution >= 4 is 38.9 Å². The first-order valence-corrected chi connectivity index (χ1v) is 6.95.